The molecule has 4 unspecified atom stereocenters. The Hall–Kier alpha value is -1.67. The van der Waals surface area contributed by atoms with Gasteiger partial charge >= 0.3 is 12.3 Å². The van der Waals surface area contributed by atoms with Crippen molar-refractivity contribution >= 4 is 29.5 Å². The topological polar surface area (TPSA) is 97.5 Å². The van der Waals surface area contributed by atoms with Gasteiger partial charge in [-0.3, -0.25) is 19.8 Å². The van der Waals surface area contributed by atoms with E-state index in [1.807, 2.05) is 0 Å². The lowest BCUT2D eigenvalue weighted by Gasteiger charge is -2.53. The van der Waals surface area contributed by atoms with Crippen molar-refractivity contribution in [2.75, 3.05) is 33.3 Å². The van der Waals surface area contributed by atoms with Crippen molar-refractivity contribution in [3.05, 3.63) is 0 Å². The number of piperidine rings is 1. The summed E-state index contributed by atoms with van der Waals surface area (Å²) in [4.78, 5) is 39.8. The van der Waals surface area contributed by atoms with Crippen molar-refractivity contribution in [1.29, 1.82) is 0 Å². The van der Waals surface area contributed by atoms with Crippen LogP contribution in [0.15, 0.2) is 0 Å². The smallest absolute Gasteiger partial charge is 0.417 e. The first-order valence-electron chi connectivity index (χ1n) is 13.0. The van der Waals surface area contributed by atoms with Crippen LogP contribution in [0.2, 0.25) is 0 Å². The number of hydrogen-bond donors (Lipinski definition) is 2. The molecule has 4 aliphatic heterocycles. The Labute approximate surface area is 218 Å². The van der Waals surface area contributed by atoms with Crippen LogP contribution in [0.5, 0.6) is 0 Å². The van der Waals surface area contributed by atoms with Gasteiger partial charge in [0.05, 0.1) is 11.7 Å². The molecule has 0 aromatic carbocycles. The van der Waals surface area contributed by atoms with Crippen LogP contribution < -0.4 is 10.7 Å². The fourth-order valence-electron chi connectivity index (χ4n) is 6.96. The summed E-state index contributed by atoms with van der Waals surface area (Å²) in [5, 5.41) is 5.81. The Morgan fingerprint density at radius 3 is 2.57 bits per heavy atom. The maximum absolute atomic E-state index is 14.2. The van der Waals surface area contributed by atoms with E-state index < -0.39 is 49.2 Å². The number of rotatable bonds is 5. The number of hydrazine groups is 1. The molecule has 4 heterocycles. The van der Waals surface area contributed by atoms with E-state index in [0.29, 0.717) is 41.5 Å². The van der Waals surface area contributed by atoms with Crippen molar-refractivity contribution in [2.45, 2.75) is 87.0 Å². The van der Waals surface area contributed by atoms with Gasteiger partial charge in [-0.1, -0.05) is 0 Å². The summed E-state index contributed by atoms with van der Waals surface area (Å²) in [5.41, 5.74) is 3.26. The summed E-state index contributed by atoms with van der Waals surface area (Å²) in [6.07, 6.45) is -0.602. The van der Waals surface area contributed by atoms with Crippen molar-refractivity contribution < 1.29 is 32.3 Å². The molecule has 4 saturated heterocycles. The van der Waals surface area contributed by atoms with Crippen molar-refractivity contribution in [3.63, 3.8) is 0 Å². The maximum Gasteiger partial charge on any atom is 0.417 e. The maximum atomic E-state index is 14.2. The second-order valence-electron chi connectivity index (χ2n) is 10.8. The van der Waals surface area contributed by atoms with E-state index in [0.717, 1.165) is 39.4 Å². The average Bonchev–Trinajstić information content (AvgIpc) is 3.39. The van der Waals surface area contributed by atoms with E-state index in [2.05, 4.69) is 25.4 Å². The molecule has 5 rings (SSSR count). The highest BCUT2D eigenvalue weighted by molar-refractivity contribution is 6.20. The summed E-state index contributed by atoms with van der Waals surface area (Å²) in [5.74, 6) is -2.42. The van der Waals surface area contributed by atoms with Gasteiger partial charge in [0, 0.05) is 38.1 Å². The number of amides is 3. The molecule has 5 aliphatic rings. The Kier molecular flexibility index (Phi) is 7.62. The summed E-state index contributed by atoms with van der Waals surface area (Å²) < 4.78 is 47.2. The van der Waals surface area contributed by atoms with Crippen LogP contribution in [-0.2, 0) is 14.3 Å². The molecule has 0 radical (unpaired) electrons. The second-order valence-corrected chi connectivity index (χ2v) is 11.3. The minimum atomic E-state index is -4.63. The van der Waals surface area contributed by atoms with E-state index in [4.69, 9.17) is 11.6 Å². The predicted octanol–water partition coefficient (Wildman–Crippen LogP) is 1.45. The number of likely N-dealkylation sites (N-methyl/N-ethyl adjacent to an activating group) is 1. The molecule has 5 atom stereocenters. The zero-order valence-corrected chi connectivity index (χ0v) is 21.5. The first-order chi connectivity index (χ1) is 17.5. The number of halogens is 4. The monoisotopic (exact) mass is 550 g/mol. The highest BCUT2D eigenvalue weighted by Crippen LogP contribution is 2.41. The fourth-order valence-corrected chi connectivity index (χ4v) is 7.24. The van der Waals surface area contributed by atoms with Crippen LogP contribution in [-0.4, -0.2) is 113 Å². The quantitative estimate of drug-likeness (QED) is 0.392. The van der Waals surface area contributed by atoms with Gasteiger partial charge in [-0.15, -0.1) is 11.6 Å². The van der Waals surface area contributed by atoms with Crippen LogP contribution in [0.25, 0.3) is 0 Å². The van der Waals surface area contributed by atoms with Gasteiger partial charge < -0.3 is 9.64 Å². The van der Waals surface area contributed by atoms with Crippen molar-refractivity contribution in [3.8, 4) is 0 Å². The normalized spacial score (nSPS) is 36.2. The average molecular weight is 551 g/mol. The van der Waals surface area contributed by atoms with Crippen molar-refractivity contribution in [2.24, 2.45) is 5.92 Å². The van der Waals surface area contributed by atoms with Crippen LogP contribution in [0, 0.1) is 5.92 Å². The lowest BCUT2D eigenvalue weighted by Crippen LogP contribution is -2.70. The molecule has 14 heteroatoms. The van der Waals surface area contributed by atoms with Crippen LogP contribution in [0.4, 0.5) is 18.0 Å². The lowest BCUT2D eigenvalue weighted by atomic mass is 9.78. The number of likely N-dealkylation sites (tertiary alicyclic amines) is 1. The molecule has 3 amide bonds. The number of hydrogen-bond acceptors (Lipinski definition) is 8. The first-order valence-corrected chi connectivity index (χ1v) is 13.5. The van der Waals surface area contributed by atoms with E-state index in [9.17, 15) is 27.6 Å². The third-order valence-electron chi connectivity index (χ3n) is 8.70. The molecule has 0 aromatic heterocycles. The minimum Gasteiger partial charge on any atom is -0.439 e. The number of nitrogens with one attached hydrogen (secondary N) is 2. The van der Waals surface area contributed by atoms with Crippen LogP contribution in [0.1, 0.15) is 44.9 Å². The van der Waals surface area contributed by atoms with Gasteiger partial charge in [0.2, 0.25) is 5.91 Å². The zero-order chi connectivity index (χ0) is 26.5. The molecular formula is C23H34ClF3N6O4. The summed E-state index contributed by atoms with van der Waals surface area (Å²) in [6, 6.07) is -1.21. The van der Waals surface area contributed by atoms with Crippen molar-refractivity contribution in [1.82, 2.24) is 30.5 Å². The van der Waals surface area contributed by atoms with Gasteiger partial charge in [0.25, 0.3) is 5.91 Å². The fraction of sp³-hybridized carbons (Fsp3) is 0.870. The number of fused-ring (bicyclic) bond motifs is 3. The molecule has 0 bridgehead atoms. The largest absolute Gasteiger partial charge is 0.439 e. The third-order valence-corrected chi connectivity index (χ3v) is 8.97. The summed E-state index contributed by atoms with van der Waals surface area (Å²) >= 11 is 6.33. The summed E-state index contributed by atoms with van der Waals surface area (Å²) in [7, 11) is 1.10. The molecule has 37 heavy (non-hydrogen) atoms. The molecule has 5 fully saturated rings. The number of cyclic esters (lactones) is 1. The zero-order valence-electron chi connectivity index (χ0n) is 20.8. The lowest BCUT2D eigenvalue weighted by molar-refractivity contribution is -0.201. The second kappa shape index (κ2) is 10.5. The molecule has 1 saturated carbocycles. The first kappa shape index (κ1) is 26.9. The molecule has 2 N–H and O–H groups in total. The SMILES string of the molecule is CN(C(=O)CN1C(=O)COC1=O)[C@@H](C1CCC(N2CCCC3C2CNC2CC(Cl)NN23)CC1)C(F)(F)F. The van der Waals surface area contributed by atoms with E-state index in [1.165, 1.54) is 0 Å². The standard InChI is InChI=1S/C23H34ClF3N6O4/c1-30(19(34)11-32-20(35)12-37-22(32)36)21(23(25,26)27)13-4-6-14(7-5-13)31-8-2-3-15-16(31)10-28-18-9-17(24)29-33(15)18/h13-18,21,28-29H,2-12H2,1H3/t13?,14?,15?,16?,17?,18?,21-/m0/s1. The highest BCUT2D eigenvalue weighted by Gasteiger charge is 2.52. The molecule has 0 spiro atoms. The van der Waals surface area contributed by atoms with E-state index >= 15 is 0 Å². The highest BCUT2D eigenvalue weighted by atomic mass is 35.5. The molecule has 0 aromatic rings. The Morgan fingerprint density at radius 1 is 1.19 bits per heavy atom. The van der Waals surface area contributed by atoms with Gasteiger partial charge in [-0.2, -0.15) is 13.2 Å². The van der Waals surface area contributed by atoms with Crippen LogP contribution >= 0.6 is 11.6 Å². The van der Waals surface area contributed by atoms with E-state index in [-0.39, 0.29) is 23.8 Å². The Morgan fingerprint density at radius 2 is 1.92 bits per heavy atom. The number of alkyl halides is 4. The number of nitrogens with zero attached hydrogens (tertiary/aromatic N) is 4. The predicted molar refractivity (Wildman–Crippen MR) is 126 cm³/mol. The molecule has 10 nitrogen and oxygen atoms in total. The molecule has 208 valence electrons. The van der Waals surface area contributed by atoms with Crippen LogP contribution in [0.3, 0.4) is 0 Å². The Balaban J connectivity index is 1.22. The van der Waals surface area contributed by atoms with Gasteiger partial charge in [0.1, 0.15) is 12.6 Å². The third kappa shape index (κ3) is 5.29. The Bertz CT molecular complexity index is 888. The van der Waals surface area contributed by atoms with Gasteiger partial charge in [0.15, 0.2) is 6.61 Å². The number of carbonyl (C=O) groups excluding carboxylic acids is 3. The molecule has 1 aliphatic carbocycles. The number of imide groups is 1. The number of carbonyl (C=O) groups is 3. The van der Waals surface area contributed by atoms with Gasteiger partial charge in [-0.05, 0) is 51.0 Å². The summed E-state index contributed by atoms with van der Waals surface area (Å²) in [6.45, 7) is 0.491. The minimum absolute atomic E-state index is 0.102. The van der Waals surface area contributed by atoms with Gasteiger partial charge in [-0.25, -0.2) is 20.1 Å². The molecular weight excluding hydrogens is 517 g/mol. The number of ether oxygens (including phenoxy) is 1. The van der Waals surface area contributed by atoms with E-state index in [1.54, 1.807) is 0 Å².